The molecular weight excluding hydrogens is 471 g/mol. The van der Waals surface area contributed by atoms with E-state index in [1.54, 1.807) is 6.07 Å². The predicted molar refractivity (Wildman–Crippen MR) is 116 cm³/mol. The molecule has 2 rings (SSSR count). The second-order valence-corrected chi connectivity index (χ2v) is 6.93. The molecule has 2 amide bonds. The summed E-state index contributed by atoms with van der Waals surface area (Å²) in [4.78, 5) is 36.5. The number of allylic oxidation sites excluding steroid dienone is 1. The molecule has 0 saturated heterocycles. The first-order valence-electron chi connectivity index (χ1n) is 9.78. The summed E-state index contributed by atoms with van der Waals surface area (Å²) in [7, 11) is 3.76. The Morgan fingerprint density at radius 1 is 1.14 bits per heavy atom. The number of esters is 1. The number of halogens is 3. The maximum atomic E-state index is 14.6. The zero-order chi connectivity index (χ0) is 26.1. The Hall–Kier alpha value is -4.53. The maximum absolute atomic E-state index is 14.6. The Bertz CT molecular complexity index is 1150. The van der Waals surface area contributed by atoms with Gasteiger partial charge < -0.3 is 19.1 Å². The first-order chi connectivity index (χ1) is 16.6. The summed E-state index contributed by atoms with van der Waals surface area (Å²) in [5, 5.41) is 9.34. The quantitative estimate of drug-likeness (QED) is 0.283. The van der Waals surface area contributed by atoms with Crippen LogP contribution in [0.2, 0.25) is 0 Å². The molecule has 0 aliphatic rings. The van der Waals surface area contributed by atoms with Crippen LogP contribution >= 0.6 is 0 Å². The number of hydrogen-bond donors (Lipinski definition) is 0. The topological polar surface area (TPSA) is 109 Å². The Kier molecular flexibility index (Phi) is 9.22. The second-order valence-electron chi connectivity index (χ2n) is 6.93. The van der Waals surface area contributed by atoms with Gasteiger partial charge in [-0.1, -0.05) is 0 Å². The number of nitriles is 1. The molecule has 0 fully saturated rings. The molecule has 2 aromatic rings. The number of carbonyl (C=O) groups is 3. The third kappa shape index (κ3) is 6.97. The minimum atomic E-state index is -3.02. The van der Waals surface area contributed by atoms with Crippen molar-refractivity contribution in [3.63, 3.8) is 0 Å². The highest BCUT2D eigenvalue weighted by molar-refractivity contribution is 6.12. The van der Waals surface area contributed by atoms with Gasteiger partial charge in [-0.15, -0.1) is 0 Å². The molecule has 0 saturated carbocycles. The van der Waals surface area contributed by atoms with Crippen molar-refractivity contribution in [3.05, 3.63) is 59.6 Å². The van der Waals surface area contributed by atoms with Gasteiger partial charge in [0.15, 0.2) is 6.61 Å². The fourth-order valence-electron chi connectivity index (χ4n) is 2.64. The smallest absolute Gasteiger partial charge is 0.343 e. The lowest BCUT2D eigenvalue weighted by Gasteiger charge is -2.20. The molecule has 35 heavy (non-hydrogen) atoms. The molecular formula is C23H20F3N3O6. The molecule has 0 aliphatic carbocycles. The Balaban J connectivity index is 2.36. The van der Waals surface area contributed by atoms with Gasteiger partial charge in [0.1, 0.15) is 29.1 Å². The standard InChI is InChI=1S/C23H20F3N3O6/c1-28(2)19(23(25)26)10-21(31)29(13-30)18-9-20(14(11-27)8-17(18)24)35-16-6-4-15(5-7-16)34-12-22(32)33-3/h4-10,13,23H,12H2,1-3H3/b19-10-. The summed E-state index contributed by atoms with van der Waals surface area (Å²) < 4.78 is 56.2. The number of nitrogens with zero attached hydrogens (tertiary/aromatic N) is 3. The number of methoxy groups -OCH3 is 1. The molecule has 184 valence electrons. The number of carbonyl (C=O) groups excluding carboxylic acids is 3. The van der Waals surface area contributed by atoms with Gasteiger partial charge in [0, 0.05) is 26.2 Å². The summed E-state index contributed by atoms with van der Waals surface area (Å²) in [6.45, 7) is -0.318. The Morgan fingerprint density at radius 2 is 1.77 bits per heavy atom. The van der Waals surface area contributed by atoms with Crippen LogP contribution in [0.4, 0.5) is 18.9 Å². The first-order valence-corrected chi connectivity index (χ1v) is 9.78. The van der Waals surface area contributed by atoms with Gasteiger partial charge in [-0.25, -0.2) is 22.9 Å². The summed E-state index contributed by atoms with van der Waals surface area (Å²) in [6, 6.07) is 9.15. The van der Waals surface area contributed by atoms with Crippen molar-refractivity contribution in [2.45, 2.75) is 6.43 Å². The lowest BCUT2D eigenvalue weighted by molar-refractivity contribution is -0.142. The number of imide groups is 1. The molecule has 0 spiro atoms. The minimum absolute atomic E-state index is 0.0424. The van der Waals surface area contributed by atoms with Gasteiger partial charge in [-0.3, -0.25) is 9.59 Å². The van der Waals surface area contributed by atoms with Gasteiger partial charge in [0.2, 0.25) is 6.41 Å². The van der Waals surface area contributed by atoms with Crippen molar-refractivity contribution in [3.8, 4) is 23.3 Å². The largest absolute Gasteiger partial charge is 0.482 e. The molecule has 0 radical (unpaired) electrons. The van der Waals surface area contributed by atoms with Crippen molar-refractivity contribution in [2.24, 2.45) is 0 Å². The van der Waals surface area contributed by atoms with E-state index in [1.165, 1.54) is 45.5 Å². The monoisotopic (exact) mass is 491 g/mol. The SMILES string of the molecule is COC(=O)COc1ccc(Oc2cc(N(C=O)C(=O)/C=C(/C(F)F)N(C)C)c(F)cc2C#N)cc1. The van der Waals surface area contributed by atoms with E-state index in [1.807, 2.05) is 0 Å². The fraction of sp³-hybridized carbons (Fsp3) is 0.217. The van der Waals surface area contributed by atoms with Crippen LogP contribution in [0.5, 0.6) is 17.2 Å². The molecule has 0 heterocycles. The highest BCUT2D eigenvalue weighted by atomic mass is 19.3. The number of anilines is 1. The normalized spacial score (nSPS) is 10.9. The fourth-order valence-corrected chi connectivity index (χ4v) is 2.64. The molecule has 0 N–H and O–H groups in total. The van der Waals surface area contributed by atoms with Crippen molar-refractivity contribution in [1.29, 1.82) is 5.26 Å². The third-order valence-electron chi connectivity index (χ3n) is 4.42. The summed E-state index contributed by atoms with van der Waals surface area (Å²) in [6.07, 6.45) is -2.56. The van der Waals surface area contributed by atoms with Crippen LogP contribution in [0.1, 0.15) is 5.56 Å². The first kappa shape index (κ1) is 26.7. The van der Waals surface area contributed by atoms with E-state index in [2.05, 4.69) is 4.74 Å². The number of amides is 2. The third-order valence-corrected chi connectivity index (χ3v) is 4.42. The lowest BCUT2D eigenvalue weighted by Crippen LogP contribution is -2.30. The zero-order valence-electron chi connectivity index (χ0n) is 18.8. The molecule has 9 nitrogen and oxygen atoms in total. The van der Waals surface area contributed by atoms with Crippen LogP contribution in [0.3, 0.4) is 0 Å². The van der Waals surface area contributed by atoms with E-state index in [4.69, 9.17) is 9.47 Å². The average Bonchev–Trinajstić information content (AvgIpc) is 2.83. The number of rotatable bonds is 10. The van der Waals surface area contributed by atoms with E-state index in [0.717, 1.165) is 17.0 Å². The van der Waals surface area contributed by atoms with Gasteiger partial charge in [-0.05, 0) is 30.3 Å². The van der Waals surface area contributed by atoms with Crippen molar-refractivity contribution < 1.29 is 41.8 Å². The molecule has 0 bridgehead atoms. The second kappa shape index (κ2) is 12.1. The van der Waals surface area contributed by atoms with Crippen LogP contribution in [-0.4, -0.2) is 57.4 Å². The van der Waals surface area contributed by atoms with Gasteiger partial charge in [0.25, 0.3) is 12.3 Å². The summed E-state index contributed by atoms with van der Waals surface area (Å²) in [5.41, 5.74) is -1.56. The Labute approximate surface area is 198 Å². The molecule has 0 aromatic heterocycles. The van der Waals surface area contributed by atoms with Crippen molar-refractivity contribution in [1.82, 2.24) is 4.90 Å². The molecule has 0 aliphatic heterocycles. The van der Waals surface area contributed by atoms with E-state index in [-0.39, 0.29) is 35.0 Å². The highest BCUT2D eigenvalue weighted by Gasteiger charge is 2.23. The molecule has 0 atom stereocenters. The molecule has 0 unspecified atom stereocenters. The predicted octanol–water partition coefficient (Wildman–Crippen LogP) is 3.24. The van der Waals surface area contributed by atoms with Crippen LogP contribution in [0.25, 0.3) is 0 Å². The summed E-state index contributed by atoms with van der Waals surface area (Å²) in [5.74, 6) is -2.68. The van der Waals surface area contributed by atoms with Crippen LogP contribution in [-0.2, 0) is 19.1 Å². The lowest BCUT2D eigenvalue weighted by atomic mass is 10.1. The number of benzene rings is 2. The highest BCUT2D eigenvalue weighted by Crippen LogP contribution is 2.33. The maximum Gasteiger partial charge on any atom is 0.343 e. The van der Waals surface area contributed by atoms with E-state index in [0.29, 0.717) is 11.8 Å². The van der Waals surface area contributed by atoms with Crippen LogP contribution in [0, 0.1) is 17.1 Å². The van der Waals surface area contributed by atoms with E-state index >= 15 is 0 Å². The van der Waals surface area contributed by atoms with Gasteiger partial charge in [0.05, 0.1) is 24.1 Å². The number of alkyl halides is 2. The Morgan fingerprint density at radius 3 is 2.29 bits per heavy atom. The number of hydrogen-bond acceptors (Lipinski definition) is 8. The van der Waals surface area contributed by atoms with Crippen LogP contribution < -0.4 is 14.4 Å². The zero-order valence-corrected chi connectivity index (χ0v) is 18.8. The van der Waals surface area contributed by atoms with Crippen molar-refractivity contribution >= 4 is 24.0 Å². The van der Waals surface area contributed by atoms with E-state index in [9.17, 15) is 32.8 Å². The number of ether oxygens (including phenoxy) is 3. The van der Waals surface area contributed by atoms with Crippen molar-refractivity contribution in [2.75, 3.05) is 32.7 Å². The van der Waals surface area contributed by atoms with Crippen LogP contribution in [0.15, 0.2) is 48.2 Å². The average molecular weight is 491 g/mol. The molecule has 12 heteroatoms. The molecule has 2 aromatic carbocycles. The van der Waals surface area contributed by atoms with Gasteiger partial charge in [-0.2, -0.15) is 5.26 Å². The summed E-state index contributed by atoms with van der Waals surface area (Å²) >= 11 is 0. The minimum Gasteiger partial charge on any atom is -0.482 e. The van der Waals surface area contributed by atoms with E-state index < -0.39 is 35.5 Å². The van der Waals surface area contributed by atoms with Gasteiger partial charge >= 0.3 is 5.97 Å².